The highest BCUT2D eigenvalue weighted by molar-refractivity contribution is 7.80. The number of nitro groups is 1. The van der Waals surface area contributed by atoms with E-state index in [0.717, 1.165) is 28.8 Å². The number of nitrogens with one attached hydrogen (secondary N) is 1. The van der Waals surface area contributed by atoms with Crippen LogP contribution in [0.2, 0.25) is 0 Å². The first-order chi connectivity index (χ1) is 8.22. The number of nitrogens with zero attached hydrogens (tertiary/aromatic N) is 2. The minimum absolute atomic E-state index is 0.0720. The van der Waals surface area contributed by atoms with Gasteiger partial charge in [0, 0.05) is 17.5 Å². The summed E-state index contributed by atoms with van der Waals surface area (Å²) in [6.45, 7) is 0. The Kier molecular flexibility index (Phi) is 3.43. The third-order valence-electron chi connectivity index (χ3n) is 2.36. The number of hydrogen-bond donors (Lipinski definition) is 2. The summed E-state index contributed by atoms with van der Waals surface area (Å²) in [6, 6.07) is 4.61. The number of nitro benzene ring substituents is 1. The highest BCUT2D eigenvalue weighted by atomic mass is 32.1. The van der Waals surface area contributed by atoms with E-state index in [1.165, 1.54) is 12.1 Å². The van der Waals surface area contributed by atoms with Crippen LogP contribution in [0.25, 0.3) is 17.0 Å². The molecule has 0 saturated heterocycles. The molecule has 88 valence electrons. The fraction of sp³-hybridized carbons (Fsp3) is 0.182. The van der Waals surface area contributed by atoms with Gasteiger partial charge in [-0.05, 0) is 24.3 Å². The van der Waals surface area contributed by atoms with Crippen LogP contribution in [0.4, 0.5) is 5.69 Å². The molecule has 0 radical (unpaired) electrons. The second-order valence-electron chi connectivity index (χ2n) is 3.51. The normalized spacial score (nSPS) is 11.4. The molecule has 5 nitrogen and oxygen atoms in total. The number of rotatable bonds is 4. The van der Waals surface area contributed by atoms with E-state index < -0.39 is 4.92 Å². The predicted molar refractivity (Wildman–Crippen MR) is 70.3 cm³/mol. The molecule has 2 rings (SSSR count). The summed E-state index contributed by atoms with van der Waals surface area (Å²) in [5.41, 5.74) is 1.58. The quantitative estimate of drug-likeness (QED) is 0.497. The molecule has 17 heavy (non-hydrogen) atoms. The van der Waals surface area contributed by atoms with Gasteiger partial charge in [0.1, 0.15) is 0 Å². The minimum atomic E-state index is -0.409. The molecule has 1 N–H and O–H groups in total. The van der Waals surface area contributed by atoms with E-state index in [-0.39, 0.29) is 5.69 Å². The summed E-state index contributed by atoms with van der Waals surface area (Å²) in [6.07, 6.45) is 4.67. The number of thiol groups is 1. The van der Waals surface area contributed by atoms with Crippen LogP contribution in [0.15, 0.2) is 24.3 Å². The van der Waals surface area contributed by atoms with Crippen LogP contribution in [0.5, 0.6) is 0 Å². The lowest BCUT2D eigenvalue weighted by atomic mass is 10.2. The molecular weight excluding hydrogens is 238 g/mol. The molecule has 0 aliphatic heterocycles. The largest absolute Gasteiger partial charge is 0.277 e. The minimum Gasteiger partial charge on any atom is -0.277 e. The predicted octanol–water partition coefficient (Wildman–Crippen LogP) is 2.80. The van der Waals surface area contributed by atoms with Crippen molar-refractivity contribution in [2.45, 2.75) is 6.42 Å². The maximum absolute atomic E-state index is 10.7. The second kappa shape index (κ2) is 5.01. The smallest absolute Gasteiger partial charge is 0.270 e. The van der Waals surface area contributed by atoms with Gasteiger partial charge in [0.25, 0.3) is 5.69 Å². The molecule has 2 aromatic rings. The zero-order valence-electron chi connectivity index (χ0n) is 8.96. The Labute approximate surface area is 103 Å². The number of benzene rings is 1. The Morgan fingerprint density at radius 1 is 1.53 bits per heavy atom. The van der Waals surface area contributed by atoms with Crippen LogP contribution in [-0.2, 0) is 0 Å². The summed E-state index contributed by atoms with van der Waals surface area (Å²) in [5.74, 6) is 0.767. The van der Waals surface area contributed by atoms with Crippen molar-refractivity contribution < 1.29 is 4.92 Å². The van der Waals surface area contributed by atoms with E-state index in [1.807, 2.05) is 12.2 Å². The first-order valence-electron chi connectivity index (χ1n) is 5.12. The summed E-state index contributed by atoms with van der Waals surface area (Å²) in [5, 5.41) is 18.4. The fourth-order valence-electron chi connectivity index (χ4n) is 1.53. The van der Waals surface area contributed by atoms with Crippen molar-refractivity contribution >= 4 is 35.3 Å². The molecule has 0 atom stereocenters. The van der Waals surface area contributed by atoms with Gasteiger partial charge in [-0.15, -0.1) is 0 Å². The molecule has 0 aliphatic carbocycles. The molecule has 1 aromatic heterocycles. The number of allylic oxidation sites excluding steroid dienone is 1. The molecule has 0 saturated carbocycles. The standard InChI is InChI=1S/C11H11N3O2S/c15-14(16)8-4-5-11-9(7-8)10(12-13-11)3-1-2-6-17/h1,3-5,7,17H,2,6H2,(H,12,13). The third-order valence-corrected chi connectivity index (χ3v) is 2.62. The summed E-state index contributed by atoms with van der Waals surface area (Å²) < 4.78 is 0. The Balaban J connectivity index is 2.43. The van der Waals surface area contributed by atoms with Crippen molar-refractivity contribution in [2.75, 3.05) is 5.75 Å². The SMILES string of the molecule is O=[N+]([O-])c1ccc2n[nH]c(C=CCCS)c2c1. The maximum Gasteiger partial charge on any atom is 0.270 e. The molecule has 0 unspecified atom stereocenters. The van der Waals surface area contributed by atoms with Crippen molar-refractivity contribution in [1.82, 2.24) is 10.2 Å². The van der Waals surface area contributed by atoms with Gasteiger partial charge in [-0.25, -0.2) is 0 Å². The highest BCUT2D eigenvalue weighted by Gasteiger charge is 2.09. The second-order valence-corrected chi connectivity index (χ2v) is 3.96. The van der Waals surface area contributed by atoms with Crippen LogP contribution in [0.1, 0.15) is 12.1 Å². The zero-order chi connectivity index (χ0) is 12.3. The van der Waals surface area contributed by atoms with Gasteiger partial charge in [0.15, 0.2) is 0 Å². The van der Waals surface area contributed by atoms with Gasteiger partial charge >= 0.3 is 0 Å². The van der Waals surface area contributed by atoms with Crippen LogP contribution in [-0.4, -0.2) is 20.9 Å². The molecule has 6 heteroatoms. The Morgan fingerprint density at radius 2 is 2.35 bits per heavy atom. The molecule has 0 bridgehead atoms. The monoisotopic (exact) mass is 249 g/mol. The van der Waals surface area contributed by atoms with Gasteiger partial charge in [0.2, 0.25) is 0 Å². The van der Waals surface area contributed by atoms with Gasteiger partial charge in [-0.1, -0.05) is 6.08 Å². The molecule has 0 fully saturated rings. The van der Waals surface area contributed by atoms with Gasteiger partial charge in [-0.3, -0.25) is 15.2 Å². The van der Waals surface area contributed by atoms with E-state index in [2.05, 4.69) is 22.8 Å². The Hall–Kier alpha value is -1.82. The number of non-ortho nitro benzene ring substituents is 1. The van der Waals surface area contributed by atoms with Crippen molar-refractivity contribution in [3.63, 3.8) is 0 Å². The average molecular weight is 249 g/mol. The summed E-state index contributed by atoms with van der Waals surface area (Å²) in [7, 11) is 0. The lowest BCUT2D eigenvalue weighted by Gasteiger charge is -1.92. The summed E-state index contributed by atoms with van der Waals surface area (Å²) >= 11 is 4.10. The van der Waals surface area contributed by atoms with Crippen LogP contribution >= 0.6 is 12.6 Å². The average Bonchev–Trinajstić information content (AvgIpc) is 2.72. The van der Waals surface area contributed by atoms with Crippen LogP contribution in [0, 0.1) is 10.1 Å². The van der Waals surface area contributed by atoms with Crippen LogP contribution < -0.4 is 0 Å². The van der Waals surface area contributed by atoms with Crippen molar-refractivity contribution in [1.29, 1.82) is 0 Å². The Bertz CT molecular complexity index is 577. The van der Waals surface area contributed by atoms with E-state index >= 15 is 0 Å². The van der Waals surface area contributed by atoms with Crippen molar-refractivity contribution in [3.05, 3.63) is 40.1 Å². The van der Waals surface area contributed by atoms with E-state index in [9.17, 15) is 10.1 Å². The molecule has 1 aromatic carbocycles. The molecule has 0 amide bonds. The van der Waals surface area contributed by atoms with Crippen molar-refractivity contribution in [3.8, 4) is 0 Å². The Morgan fingerprint density at radius 3 is 3.06 bits per heavy atom. The topological polar surface area (TPSA) is 71.8 Å². The first-order valence-corrected chi connectivity index (χ1v) is 5.75. The first kappa shape index (κ1) is 11.7. The maximum atomic E-state index is 10.7. The van der Waals surface area contributed by atoms with E-state index in [0.29, 0.717) is 0 Å². The fourth-order valence-corrected chi connectivity index (χ4v) is 1.68. The number of fused-ring (bicyclic) bond motifs is 1. The number of aromatic nitrogens is 2. The lowest BCUT2D eigenvalue weighted by molar-refractivity contribution is -0.384. The molecule has 1 heterocycles. The van der Waals surface area contributed by atoms with Gasteiger partial charge in [0.05, 0.1) is 16.1 Å². The molecular formula is C11H11N3O2S. The van der Waals surface area contributed by atoms with Crippen LogP contribution in [0.3, 0.4) is 0 Å². The van der Waals surface area contributed by atoms with Crippen molar-refractivity contribution in [2.24, 2.45) is 0 Å². The highest BCUT2D eigenvalue weighted by Crippen LogP contribution is 2.22. The van der Waals surface area contributed by atoms with Gasteiger partial charge < -0.3 is 0 Å². The third kappa shape index (κ3) is 2.47. The number of hydrogen-bond acceptors (Lipinski definition) is 4. The van der Waals surface area contributed by atoms with E-state index in [4.69, 9.17) is 0 Å². The summed E-state index contributed by atoms with van der Waals surface area (Å²) in [4.78, 5) is 10.3. The van der Waals surface area contributed by atoms with Gasteiger partial charge in [-0.2, -0.15) is 17.7 Å². The zero-order valence-corrected chi connectivity index (χ0v) is 9.85. The van der Waals surface area contributed by atoms with E-state index in [1.54, 1.807) is 6.07 Å². The number of aromatic amines is 1. The molecule has 0 aliphatic rings. The lowest BCUT2D eigenvalue weighted by Crippen LogP contribution is -1.86. The molecule has 0 spiro atoms. The number of H-pyrrole nitrogens is 1.